The largest absolute Gasteiger partial charge is 0.493 e. The normalized spacial score (nSPS) is 18.3. The monoisotopic (exact) mass is 413 g/mol. The van der Waals surface area contributed by atoms with Gasteiger partial charge in [0.25, 0.3) is 0 Å². The van der Waals surface area contributed by atoms with Gasteiger partial charge in [0.2, 0.25) is 17.6 Å². The number of carbonyl (C=O) groups is 2. The van der Waals surface area contributed by atoms with Gasteiger partial charge < -0.3 is 24.4 Å². The Morgan fingerprint density at radius 2 is 1.90 bits per heavy atom. The summed E-state index contributed by atoms with van der Waals surface area (Å²) >= 11 is 0. The van der Waals surface area contributed by atoms with Crippen molar-refractivity contribution in [2.24, 2.45) is 5.92 Å². The molecule has 1 N–H and O–H groups in total. The number of pyridine rings is 1. The highest BCUT2D eigenvalue weighted by atomic mass is 16.5. The molecule has 0 radical (unpaired) electrons. The number of methoxy groups -OCH3 is 3. The molecule has 1 aliphatic rings. The molecule has 0 bridgehead atoms. The Balaban J connectivity index is 1.83. The number of hydrogen-bond donors (Lipinski definition) is 1. The van der Waals surface area contributed by atoms with E-state index in [1.165, 1.54) is 14.2 Å². The lowest BCUT2D eigenvalue weighted by molar-refractivity contribution is -0.128. The van der Waals surface area contributed by atoms with Gasteiger partial charge in [-0.1, -0.05) is 6.07 Å². The van der Waals surface area contributed by atoms with Gasteiger partial charge in [-0.3, -0.25) is 14.6 Å². The van der Waals surface area contributed by atoms with Gasteiger partial charge in [0.1, 0.15) is 0 Å². The first-order valence-corrected chi connectivity index (χ1v) is 9.74. The molecule has 3 rings (SSSR count). The number of nitrogens with one attached hydrogen (secondary N) is 1. The number of nitrogens with zero attached hydrogens (tertiary/aromatic N) is 2. The van der Waals surface area contributed by atoms with Crippen LogP contribution in [-0.2, 0) is 16.0 Å². The first kappa shape index (κ1) is 21.4. The van der Waals surface area contributed by atoms with E-state index in [9.17, 15) is 9.59 Å². The minimum Gasteiger partial charge on any atom is -0.493 e. The molecule has 0 spiro atoms. The Bertz CT molecular complexity index is 903. The maximum atomic E-state index is 13.0. The highest BCUT2D eigenvalue weighted by Gasteiger charge is 2.44. The highest BCUT2D eigenvalue weighted by Crippen LogP contribution is 2.47. The summed E-state index contributed by atoms with van der Waals surface area (Å²) in [5.41, 5.74) is 1.60. The molecule has 8 heteroatoms. The number of benzene rings is 1. The lowest BCUT2D eigenvalue weighted by Crippen LogP contribution is -2.35. The quantitative estimate of drug-likeness (QED) is 0.712. The second-order valence-electron chi connectivity index (χ2n) is 7.05. The Kier molecular flexibility index (Phi) is 6.76. The zero-order valence-corrected chi connectivity index (χ0v) is 17.7. The van der Waals surface area contributed by atoms with Crippen LogP contribution in [0.25, 0.3) is 0 Å². The van der Waals surface area contributed by atoms with Crippen LogP contribution in [0.4, 0.5) is 0 Å². The Hall–Kier alpha value is -3.29. The van der Waals surface area contributed by atoms with Crippen molar-refractivity contribution in [2.75, 3.05) is 34.9 Å². The molecule has 2 heterocycles. The number of rotatable bonds is 8. The number of amides is 2. The van der Waals surface area contributed by atoms with Gasteiger partial charge in [0.15, 0.2) is 11.5 Å². The van der Waals surface area contributed by atoms with Crippen molar-refractivity contribution >= 4 is 11.8 Å². The van der Waals surface area contributed by atoms with Gasteiger partial charge in [-0.25, -0.2) is 0 Å². The summed E-state index contributed by atoms with van der Waals surface area (Å²) in [6.45, 7) is 0.444. The molecule has 1 saturated heterocycles. The molecule has 160 valence electrons. The third-order valence-electron chi connectivity index (χ3n) is 5.38. The van der Waals surface area contributed by atoms with Crippen molar-refractivity contribution in [3.05, 3.63) is 47.8 Å². The summed E-state index contributed by atoms with van der Waals surface area (Å²) in [5, 5.41) is 2.95. The molecule has 0 aliphatic carbocycles. The fourth-order valence-electron chi connectivity index (χ4n) is 3.88. The van der Waals surface area contributed by atoms with E-state index in [0.717, 1.165) is 5.69 Å². The summed E-state index contributed by atoms with van der Waals surface area (Å²) in [6, 6.07) is 8.77. The summed E-state index contributed by atoms with van der Waals surface area (Å²) in [6.07, 6.45) is 2.47. The van der Waals surface area contributed by atoms with Crippen LogP contribution in [0.1, 0.15) is 23.7 Å². The van der Waals surface area contributed by atoms with Crippen LogP contribution >= 0.6 is 0 Å². The fourth-order valence-corrected chi connectivity index (χ4v) is 3.88. The molecule has 30 heavy (non-hydrogen) atoms. The second kappa shape index (κ2) is 9.47. The minimum absolute atomic E-state index is 0.0956. The van der Waals surface area contributed by atoms with E-state index in [2.05, 4.69) is 10.3 Å². The Morgan fingerprint density at radius 3 is 2.53 bits per heavy atom. The summed E-state index contributed by atoms with van der Waals surface area (Å²) in [4.78, 5) is 31.3. The summed E-state index contributed by atoms with van der Waals surface area (Å²) in [5.74, 6) is 0.584. The average Bonchev–Trinajstić information content (AvgIpc) is 3.07. The smallest absolute Gasteiger partial charge is 0.226 e. The lowest BCUT2D eigenvalue weighted by atomic mass is 9.91. The van der Waals surface area contributed by atoms with Gasteiger partial charge in [-0.2, -0.15) is 0 Å². The average molecular weight is 413 g/mol. The van der Waals surface area contributed by atoms with Crippen molar-refractivity contribution in [3.8, 4) is 17.2 Å². The maximum Gasteiger partial charge on any atom is 0.226 e. The van der Waals surface area contributed by atoms with Gasteiger partial charge >= 0.3 is 0 Å². The molecule has 2 atom stereocenters. The van der Waals surface area contributed by atoms with E-state index in [-0.39, 0.29) is 18.2 Å². The SMILES string of the molecule is COc1ccc([C@H]2[C@@H](C(=O)NCCc3ccccn3)CC(=O)N2C)c(OC)c1OC. The van der Waals surface area contributed by atoms with Crippen LogP contribution in [0, 0.1) is 5.92 Å². The van der Waals surface area contributed by atoms with Crippen molar-refractivity contribution in [2.45, 2.75) is 18.9 Å². The Morgan fingerprint density at radius 1 is 1.13 bits per heavy atom. The van der Waals surface area contributed by atoms with E-state index in [4.69, 9.17) is 14.2 Å². The van der Waals surface area contributed by atoms with Crippen LogP contribution in [0.2, 0.25) is 0 Å². The van der Waals surface area contributed by atoms with Crippen molar-refractivity contribution in [1.82, 2.24) is 15.2 Å². The lowest BCUT2D eigenvalue weighted by Gasteiger charge is -2.27. The number of carbonyl (C=O) groups excluding carboxylic acids is 2. The van der Waals surface area contributed by atoms with Gasteiger partial charge in [0, 0.05) is 43.9 Å². The summed E-state index contributed by atoms with van der Waals surface area (Å²) < 4.78 is 16.4. The van der Waals surface area contributed by atoms with E-state index in [1.807, 2.05) is 24.3 Å². The second-order valence-corrected chi connectivity index (χ2v) is 7.05. The van der Waals surface area contributed by atoms with E-state index < -0.39 is 12.0 Å². The number of aromatic nitrogens is 1. The zero-order valence-electron chi connectivity index (χ0n) is 17.7. The molecule has 1 aliphatic heterocycles. The van der Waals surface area contributed by atoms with Crippen LogP contribution in [-0.4, -0.2) is 56.6 Å². The molecule has 1 aromatic carbocycles. The van der Waals surface area contributed by atoms with E-state index >= 15 is 0 Å². The van der Waals surface area contributed by atoms with Crippen molar-refractivity contribution in [3.63, 3.8) is 0 Å². The predicted octanol–water partition coefficient (Wildman–Crippen LogP) is 1.99. The van der Waals surface area contributed by atoms with Gasteiger partial charge in [-0.15, -0.1) is 0 Å². The molecule has 0 saturated carbocycles. The third kappa shape index (κ3) is 4.17. The third-order valence-corrected chi connectivity index (χ3v) is 5.38. The highest BCUT2D eigenvalue weighted by molar-refractivity contribution is 5.90. The number of ether oxygens (including phenoxy) is 3. The van der Waals surface area contributed by atoms with E-state index in [0.29, 0.717) is 35.8 Å². The molecular weight excluding hydrogens is 386 g/mol. The fraction of sp³-hybridized carbons (Fsp3) is 0.409. The Labute approximate surface area is 176 Å². The van der Waals surface area contributed by atoms with Crippen LogP contribution in [0.15, 0.2) is 36.5 Å². The molecular formula is C22H27N3O5. The van der Waals surface area contributed by atoms with Gasteiger partial charge in [0.05, 0.1) is 33.3 Å². The van der Waals surface area contributed by atoms with Gasteiger partial charge in [-0.05, 0) is 24.3 Å². The molecule has 2 aromatic rings. The maximum absolute atomic E-state index is 13.0. The predicted molar refractivity (Wildman–Crippen MR) is 111 cm³/mol. The summed E-state index contributed by atoms with van der Waals surface area (Å²) in [7, 11) is 6.29. The topological polar surface area (TPSA) is 90.0 Å². The molecule has 0 unspecified atom stereocenters. The van der Waals surface area contributed by atoms with Crippen molar-refractivity contribution < 1.29 is 23.8 Å². The van der Waals surface area contributed by atoms with E-state index in [1.54, 1.807) is 31.3 Å². The van der Waals surface area contributed by atoms with Crippen LogP contribution in [0.5, 0.6) is 17.2 Å². The van der Waals surface area contributed by atoms with Crippen LogP contribution in [0.3, 0.4) is 0 Å². The minimum atomic E-state index is -0.543. The first-order valence-electron chi connectivity index (χ1n) is 9.74. The first-order chi connectivity index (χ1) is 14.5. The molecule has 1 fully saturated rings. The van der Waals surface area contributed by atoms with Crippen molar-refractivity contribution in [1.29, 1.82) is 0 Å². The molecule has 8 nitrogen and oxygen atoms in total. The zero-order chi connectivity index (χ0) is 21.7. The van der Waals surface area contributed by atoms with Crippen LogP contribution < -0.4 is 19.5 Å². The number of likely N-dealkylation sites (tertiary alicyclic amines) is 1. The molecule has 1 aromatic heterocycles. The standard InChI is InChI=1S/C22H27N3O5/c1-25-18(26)13-16(22(27)24-12-10-14-7-5-6-11-23-14)19(25)15-8-9-17(28-2)21(30-4)20(15)29-3/h5-9,11,16,19H,10,12-13H2,1-4H3,(H,24,27)/t16-,19-/m0/s1. The molecule has 2 amide bonds. The number of hydrogen-bond acceptors (Lipinski definition) is 6.